The van der Waals surface area contributed by atoms with E-state index in [0.717, 1.165) is 267 Å². The zero-order valence-corrected chi connectivity index (χ0v) is 77.7. The monoisotopic (exact) mass is 1840 g/mol. The SMILES string of the molecule is c1ccc(N(c2cccc3c2oc2ccccc23)c2cc3c(c4c2oc2ccccc24)-c2c(cc(N(c4ccccc4)c4cccc5c4oc4ccccc45)c4c2oc2ccccc24)C3(c2ccccc2)c2ccccc2)cc1.c1ccc(N(c2ccccc2)c2cc3c(c4oc5ccccc5c24)-c2c(cc(N(c4ccccc4)c4ccccc4)c4c2oc2ccccc24)C3(c2ccccc2)c2ccccc2)cc1. The molecule has 676 valence electrons. The highest BCUT2D eigenvalue weighted by Gasteiger charge is 2.53. The van der Waals surface area contributed by atoms with Gasteiger partial charge in [-0.05, 0) is 190 Å². The van der Waals surface area contributed by atoms with Crippen LogP contribution in [0.2, 0.25) is 0 Å². The number of para-hydroxylation sites is 14. The summed E-state index contributed by atoms with van der Waals surface area (Å²) in [5.41, 5.74) is 32.7. The van der Waals surface area contributed by atoms with Crippen molar-refractivity contribution in [1.82, 2.24) is 0 Å². The largest absolute Gasteiger partial charge is 0.455 e. The number of hydrogen-bond donors (Lipinski definition) is 0. The molecule has 0 bridgehead atoms. The first-order valence-corrected chi connectivity index (χ1v) is 49.0. The Hall–Kier alpha value is -19.2. The molecule has 0 spiro atoms. The van der Waals surface area contributed by atoms with Gasteiger partial charge in [-0.1, -0.05) is 364 Å². The molecule has 0 unspecified atom stereocenters. The van der Waals surface area contributed by atoms with Crippen LogP contribution in [0.1, 0.15) is 44.5 Å². The predicted octanol–water partition coefficient (Wildman–Crippen LogP) is 37.4. The van der Waals surface area contributed by atoms with Crippen LogP contribution in [0.4, 0.5) is 68.2 Å². The van der Waals surface area contributed by atoms with Crippen molar-refractivity contribution < 1.29 is 26.5 Å². The van der Waals surface area contributed by atoms with E-state index in [4.69, 9.17) is 26.5 Å². The van der Waals surface area contributed by atoms with Crippen molar-refractivity contribution in [3.63, 3.8) is 0 Å². The topological polar surface area (TPSA) is 91.8 Å². The smallest absolute Gasteiger partial charge is 0.160 e. The number of benzene rings is 22. The summed E-state index contributed by atoms with van der Waals surface area (Å²) in [5, 5.41) is 12.4. The lowest BCUT2D eigenvalue weighted by atomic mass is 9.67. The molecule has 0 N–H and O–H groups in total. The zero-order valence-electron chi connectivity index (χ0n) is 77.7. The van der Waals surface area contributed by atoms with Gasteiger partial charge in [-0.25, -0.2) is 0 Å². The number of fused-ring (bicyclic) bond motifs is 28. The van der Waals surface area contributed by atoms with Crippen LogP contribution in [0.3, 0.4) is 0 Å². The van der Waals surface area contributed by atoms with Gasteiger partial charge in [0.05, 0.1) is 61.1 Å². The van der Waals surface area contributed by atoms with Crippen molar-refractivity contribution >= 4 is 200 Å². The lowest BCUT2D eigenvalue weighted by molar-refractivity contribution is 0.665. The highest BCUT2D eigenvalue weighted by atomic mass is 16.4. The first-order valence-electron chi connectivity index (χ1n) is 49.0. The Morgan fingerprint density at radius 3 is 0.660 bits per heavy atom. The highest BCUT2D eigenvalue weighted by Crippen LogP contribution is 2.68. The van der Waals surface area contributed by atoms with Gasteiger partial charge in [0.2, 0.25) is 0 Å². The molecule has 22 aromatic carbocycles. The van der Waals surface area contributed by atoms with Crippen molar-refractivity contribution in [3.05, 3.63) is 554 Å². The summed E-state index contributed by atoms with van der Waals surface area (Å²) in [7, 11) is 0. The van der Waals surface area contributed by atoms with Crippen LogP contribution < -0.4 is 19.6 Å². The second-order valence-electron chi connectivity index (χ2n) is 37.3. The molecule has 0 amide bonds. The fraction of sp³-hybridized carbons (Fsp3) is 0.0149. The first kappa shape index (κ1) is 82.0. The molecule has 2 aliphatic rings. The molecule has 30 rings (SSSR count). The molecule has 144 heavy (non-hydrogen) atoms. The number of furan rings is 6. The van der Waals surface area contributed by atoms with E-state index in [1.165, 1.54) is 0 Å². The van der Waals surface area contributed by atoms with Crippen LogP contribution in [-0.4, -0.2) is 0 Å². The molecular formula is C134H84N4O6. The maximum atomic E-state index is 7.54. The summed E-state index contributed by atoms with van der Waals surface area (Å²) in [4.78, 5) is 9.51. The van der Waals surface area contributed by atoms with E-state index in [-0.39, 0.29) is 0 Å². The van der Waals surface area contributed by atoms with Crippen molar-refractivity contribution in [2.24, 2.45) is 0 Å². The van der Waals surface area contributed by atoms with Gasteiger partial charge in [-0.2, -0.15) is 0 Å². The number of anilines is 12. The van der Waals surface area contributed by atoms with Crippen molar-refractivity contribution in [2.45, 2.75) is 10.8 Å². The van der Waals surface area contributed by atoms with Gasteiger partial charge in [-0.15, -0.1) is 0 Å². The minimum atomic E-state index is -0.947. The van der Waals surface area contributed by atoms with E-state index in [1.807, 2.05) is 18.2 Å². The first-order chi connectivity index (χ1) is 71.5. The standard InChI is InChI=1S/C73H44N2O4.C61H40N2O2/c1-5-23-45(24-6-1)73(46-25-7-2-8-26-46)55-44-60(75(48-29-11-4-12-30-48)58-38-22-36-52-50-32-14-18-40-62(50)77-70(52)58)71-66(54-34-16-20-42-64(54)78-71)67(55)68-56(73)43-59(65-53-33-15-19-41-63(53)79-72(65)68)74(47-27-9-3-10-28-47)57-37-21-35-51-49-31-13-17-39-61(49)76-69(51)57;1-7-23-41(24-8-1)61(42-25-9-2-10-26-42)49-39-51(62(43-27-11-3-12-28-43)44-29-13-4-14-30-44)55-47-35-19-21-37-53(47)64-59(55)57(49)58-50(61)40-52(56-48-36-20-22-38-54(48)65-60(56)58)63(45-31-15-5-16-32-45)46-33-17-6-18-34-46/h1-44H;1-40H. The second kappa shape index (κ2) is 32.8. The zero-order chi connectivity index (χ0) is 94.7. The number of rotatable bonds is 16. The van der Waals surface area contributed by atoms with E-state index in [9.17, 15) is 0 Å². The summed E-state index contributed by atoms with van der Waals surface area (Å²) < 4.78 is 43.5. The van der Waals surface area contributed by atoms with Gasteiger partial charge >= 0.3 is 0 Å². The summed E-state index contributed by atoms with van der Waals surface area (Å²) in [6.45, 7) is 0. The minimum Gasteiger partial charge on any atom is -0.455 e. The molecule has 10 nitrogen and oxygen atoms in total. The van der Waals surface area contributed by atoms with E-state index >= 15 is 0 Å². The van der Waals surface area contributed by atoms with E-state index in [1.54, 1.807) is 0 Å². The normalized spacial score (nSPS) is 12.8. The van der Waals surface area contributed by atoms with Gasteiger partial charge in [-0.3, -0.25) is 0 Å². The van der Waals surface area contributed by atoms with Gasteiger partial charge in [0, 0.05) is 105 Å². The summed E-state index contributed by atoms with van der Waals surface area (Å²) >= 11 is 0. The second-order valence-corrected chi connectivity index (χ2v) is 37.3. The molecule has 28 aromatic rings. The average Bonchev–Trinajstić information content (AvgIpc) is 1.51. The van der Waals surface area contributed by atoms with Crippen LogP contribution in [0, 0.1) is 0 Å². The summed E-state index contributed by atoms with van der Waals surface area (Å²) in [6, 6.07) is 181. The minimum absolute atomic E-state index is 0.746. The maximum absolute atomic E-state index is 7.54. The molecule has 6 heterocycles. The third-order valence-electron chi connectivity index (χ3n) is 29.8. The Balaban J connectivity index is 0.000000140. The van der Waals surface area contributed by atoms with E-state index in [0.29, 0.717) is 0 Å². The van der Waals surface area contributed by atoms with Crippen LogP contribution >= 0.6 is 0 Å². The fourth-order valence-corrected chi connectivity index (χ4v) is 24.0. The molecule has 0 saturated carbocycles. The van der Waals surface area contributed by atoms with E-state index < -0.39 is 10.8 Å². The third kappa shape index (κ3) is 12.2. The number of hydrogen-bond acceptors (Lipinski definition) is 10. The van der Waals surface area contributed by atoms with Gasteiger partial charge in [0.1, 0.15) is 50.2 Å². The number of nitrogens with zero attached hydrogens (tertiary/aromatic N) is 4. The lowest BCUT2D eigenvalue weighted by Gasteiger charge is -2.36. The molecule has 10 heteroatoms. The Morgan fingerprint density at radius 2 is 0.347 bits per heavy atom. The molecule has 6 aromatic heterocycles. The summed E-state index contributed by atoms with van der Waals surface area (Å²) in [5.74, 6) is 0. The Bertz CT molecular complexity index is 9550. The van der Waals surface area contributed by atoms with Crippen LogP contribution in [0.5, 0.6) is 0 Å². The quantitative estimate of drug-likeness (QED) is 0.0931. The molecule has 0 atom stereocenters. The fourth-order valence-electron chi connectivity index (χ4n) is 24.0. The third-order valence-corrected chi connectivity index (χ3v) is 29.8. The Kier molecular flexibility index (Phi) is 18.6. The van der Waals surface area contributed by atoms with Crippen molar-refractivity contribution in [1.29, 1.82) is 0 Å². The Morgan fingerprint density at radius 1 is 0.139 bits per heavy atom. The van der Waals surface area contributed by atoms with Gasteiger partial charge in [0.15, 0.2) is 16.7 Å². The van der Waals surface area contributed by atoms with Crippen LogP contribution in [0.15, 0.2) is 536 Å². The molecule has 0 aliphatic heterocycles. The lowest BCUT2D eigenvalue weighted by Crippen LogP contribution is -2.29. The van der Waals surface area contributed by atoms with Gasteiger partial charge in [0.25, 0.3) is 0 Å². The van der Waals surface area contributed by atoms with Gasteiger partial charge < -0.3 is 46.1 Å². The van der Waals surface area contributed by atoms with E-state index in [2.05, 4.69) is 511 Å². The Labute approximate surface area is 827 Å². The summed E-state index contributed by atoms with van der Waals surface area (Å²) in [6.07, 6.45) is 0. The molecule has 0 fully saturated rings. The maximum Gasteiger partial charge on any atom is 0.160 e. The molecule has 2 aliphatic carbocycles. The van der Waals surface area contributed by atoms with Crippen molar-refractivity contribution in [2.75, 3.05) is 19.6 Å². The van der Waals surface area contributed by atoms with Crippen LogP contribution in [0.25, 0.3) is 154 Å². The molecule has 0 saturated heterocycles. The van der Waals surface area contributed by atoms with Crippen molar-refractivity contribution in [3.8, 4) is 22.3 Å². The highest BCUT2D eigenvalue weighted by molar-refractivity contribution is 6.29. The predicted molar refractivity (Wildman–Crippen MR) is 590 cm³/mol. The molecule has 0 radical (unpaired) electrons. The van der Waals surface area contributed by atoms with Crippen LogP contribution in [-0.2, 0) is 10.8 Å². The average molecular weight is 1850 g/mol. The molecular weight excluding hydrogens is 1760 g/mol.